The van der Waals surface area contributed by atoms with Gasteiger partial charge in [-0.3, -0.25) is 0 Å². The minimum Gasteiger partial charge on any atom is -0.481 e. The van der Waals surface area contributed by atoms with Gasteiger partial charge in [-0.25, -0.2) is 18.6 Å². The summed E-state index contributed by atoms with van der Waals surface area (Å²) in [7, 11) is 1.52. The number of carbonyl (C=O) groups excluding carboxylic acids is 1. The number of amides is 1. The Morgan fingerprint density at radius 1 is 1.11 bits per heavy atom. The number of hydrogen-bond acceptors (Lipinski definition) is 4. The summed E-state index contributed by atoms with van der Waals surface area (Å²) in [5.74, 6) is -1.86. The van der Waals surface area contributed by atoms with Gasteiger partial charge in [-0.1, -0.05) is 46.3 Å². The van der Waals surface area contributed by atoms with Gasteiger partial charge in [0.2, 0.25) is 5.88 Å². The molecule has 2 atom stereocenters. The molecule has 0 radical (unpaired) electrons. The number of carbonyl (C=O) groups is 1. The van der Waals surface area contributed by atoms with E-state index in [1.807, 2.05) is 61.5 Å². The Labute approximate surface area is 222 Å². The van der Waals surface area contributed by atoms with Gasteiger partial charge < -0.3 is 14.4 Å². The summed E-state index contributed by atoms with van der Waals surface area (Å²) in [6, 6.07) is 20.4. The highest BCUT2D eigenvalue weighted by molar-refractivity contribution is 9.10. The molecule has 0 bridgehead atoms. The molecule has 1 saturated heterocycles. The van der Waals surface area contributed by atoms with Crippen LogP contribution in [0.25, 0.3) is 10.9 Å². The number of hydrogen-bond donors (Lipinski definition) is 0. The summed E-state index contributed by atoms with van der Waals surface area (Å²) >= 11 is 3.52. The maximum absolute atomic E-state index is 15.6. The highest BCUT2D eigenvalue weighted by Crippen LogP contribution is 2.52. The number of aromatic nitrogens is 1. The fourth-order valence-corrected chi connectivity index (χ4v) is 5.57. The van der Waals surface area contributed by atoms with Crippen molar-refractivity contribution >= 4 is 32.9 Å². The number of halogens is 3. The summed E-state index contributed by atoms with van der Waals surface area (Å²) in [6.07, 6.45) is -0.289. The predicted octanol–water partition coefficient (Wildman–Crippen LogP) is 7.17. The third kappa shape index (κ3) is 4.55. The van der Waals surface area contributed by atoms with Crippen molar-refractivity contribution in [3.63, 3.8) is 0 Å². The summed E-state index contributed by atoms with van der Waals surface area (Å²) in [4.78, 5) is 19.5. The van der Waals surface area contributed by atoms with E-state index in [9.17, 15) is 9.18 Å². The van der Waals surface area contributed by atoms with Gasteiger partial charge in [0.1, 0.15) is 11.6 Å². The van der Waals surface area contributed by atoms with Gasteiger partial charge in [-0.15, -0.1) is 0 Å². The molecule has 4 aromatic rings. The van der Waals surface area contributed by atoms with Crippen LogP contribution in [0.5, 0.6) is 5.88 Å². The molecule has 2 heterocycles. The quantitative estimate of drug-likeness (QED) is 0.248. The van der Waals surface area contributed by atoms with Crippen LogP contribution in [0, 0.1) is 11.6 Å². The lowest BCUT2D eigenvalue weighted by atomic mass is 9.70. The summed E-state index contributed by atoms with van der Waals surface area (Å²) in [5.41, 5.74) is 0.731. The van der Waals surface area contributed by atoms with Crippen molar-refractivity contribution in [2.24, 2.45) is 0 Å². The van der Waals surface area contributed by atoms with Crippen LogP contribution in [0.15, 0.2) is 77.3 Å². The highest BCUT2D eigenvalue weighted by atomic mass is 79.9. The highest BCUT2D eigenvalue weighted by Gasteiger charge is 2.51. The summed E-state index contributed by atoms with van der Waals surface area (Å²) in [5, 5.41) is 0.832. The number of fused-ring (bicyclic) bond motifs is 1. The van der Waals surface area contributed by atoms with Crippen molar-refractivity contribution in [2.75, 3.05) is 20.2 Å². The molecule has 1 amide bonds. The van der Waals surface area contributed by atoms with Crippen LogP contribution < -0.4 is 4.74 Å². The molecular weight excluding hydrogens is 542 g/mol. The maximum Gasteiger partial charge on any atom is 0.410 e. The SMILES string of the molecule is CCN1CC[C@@](c2ccc(F)cc2F)(C(c2ccccc2)c2cc3cc(Br)ccc3nc2OC)OC1=O. The molecule has 37 heavy (non-hydrogen) atoms. The van der Waals surface area contributed by atoms with Gasteiger partial charge in [0.15, 0.2) is 5.60 Å². The Morgan fingerprint density at radius 3 is 2.57 bits per heavy atom. The zero-order chi connectivity index (χ0) is 26.2. The first kappa shape index (κ1) is 25.1. The van der Waals surface area contributed by atoms with E-state index >= 15 is 4.39 Å². The smallest absolute Gasteiger partial charge is 0.410 e. The number of benzene rings is 3. The molecular formula is C29H25BrF2N2O3. The standard InChI is InChI=1S/C29H25BrF2N2O3/c1-3-34-14-13-29(37-28(34)35,23-11-10-21(31)17-24(23)32)26(18-7-5-4-6-8-18)22-16-19-15-20(30)9-12-25(19)33-27(22)36-2/h4-12,15-17,26H,3,13-14H2,1-2H3/t26?,29-/m1/s1. The molecule has 0 saturated carbocycles. The maximum atomic E-state index is 15.6. The Kier molecular flexibility index (Phi) is 6.86. The Hall–Kier alpha value is -3.52. The Morgan fingerprint density at radius 2 is 1.89 bits per heavy atom. The number of cyclic esters (lactones) is 1. The van der Waals surface area contributed by atoms with Crippen molar-refractivity contribution < 1.29 is 23.0 Å². The number of pyridine rings is 1. The minimum atomic E-state index is -1.49. The molecule has 1 unspecified atom stereocenters. The number of nitrogens with zero attached hydrogens (tertiary/aromatic N) is 2. The van der Waals surface area contributed by atoms with Gasteiger partial charge in [0.25, 0.3) is 0 Å². The molecule has 3 aromatic carbocycles. The number of rotatable bonds is 6. The van der Waals surface area contributed by atoms with Gasteiger partial charge >= 0.3 is 6.09 Å². The molecule has 0 N–H and O–H groups in total. The zero-order valence-corrected chi connectivity index (χ0v) is 22.0. The van der Waals surface area contributed by atoms with Crippen molar-refractivity contribution in [2.45, 2.75) is 24.9 Å². The topological polar surface area (TPSA) is 51.7 Å². The van der Waals surface area contributed by atoms with E-state index in [4.69, 9.17) is 14.5 Å². The zero-order valence-electron chi connectivity index (χ0n) is 20.4. The first-order valence-corrected chi connectivity index (χ1v) is 12.8. The van der Waals surface area contributed by atoms with Gasteiger partial charge in [-0.2, -0.15) is 0 Å². The van der Waals surface area contributed by atoms with E-state index in [2.05, 4.69) is 15.9 Å². The molecule has 5 nitrogen and oxygen atoms in total. The third-order valence-corrected chi connectivity index (χ3v) is 7.42. The van der Waals surface area contributed by atoms with Crippen molar-refractivity contribution in [3.05, 3.63) is 106 Å². The van der Waals surface area contributed by atoms with Crippen LogP contribution in [0.3, 0.4) is 0 Å². The third-order valence-electron chi connectivity index (χ3n) is 6.92. The van der Waals surface area contributed by atoms with E-state index in [1.165, 1.54) is 19.2 Å². The van der Waals surface area contributed by atoms with E-state index in [-0.39, 0.29) is 12.0 Å². The average Bonchev–Trinajstić information content (AvgIpc) is 2.89. The lowest BCUT2D eigenvalue weighted by Gasteiger charge is -2.46. The second-order valence-electron chi connectivity index (χ2n) is 8.98. The van der Waals surface area contributed by atoms with Crippen LogP contribution in [0.1, 0.15) is 36.0 Å². The first-order valence-electron chi connectivity index (χ1n) is 12.0. The largest absolute Gasteiger partial charge is 0.481 e. The molecule has 0 aliphatic carbocycles. The minimum absolute atomic E-state index is 0.100. The van der Waals surface area contributed by atoms with E-state index in [0.717, 1.165) is 27.0 Å². The predicted molar refractivity (Wildman–Crippen MR) is 141 cm³/mol. The first-order chi connectivity index (χ1) is 17.9. The van der Waals surface area contributed by atoms with Crippen LogP contribution >= 0.6 is 15.9 Å². The molecule has 1 aromatic heterocycles. The molecule has 8 heteroatoms. The summed E-state index contributed by atoms with van der Waals surface area (Å²) in [6.45, 7) is 2.64. The molecule has 1 aliphatic rings. The molecule has 190 valence electrons. The van der Waals surface area contributed by atoms with Crippen LogP contribution in [-0.2, 0) is 10.3 Å². The van der Waals surface area contributed by atoms with Crippen LogP contribution in [0.2, 0.25) is 0 Å². The van der Waals surface area contributed by atoms with Crippen LogP contribution in [0.4, 0.5) is 13.6 Å². The normalized spacial score (nSPS) is 18.5. The van der Waals surface area contributed by atoms with Gasteiger partial charge in [0.05, 0.1) is 18.5 Å². The lowest BCUT2D eigenvalue weighted by molar-refractivity contribution is -0.0644. The van der Waals surface area contributed by atoms with Crippen molar-refractivity contribution in [1.82, 2.24) is 9.88 Å². The Bertz CT molecular complexity index is 1470. The van der Waals surface area contributed by atoms with Crippen LogP contribution in [-0.4, -0.2) is 36.2 Å². The average molecular weight is 567 g/mol. The molecule has 5 rings (SSSR count). The second-order valence-corrected chi connectivity index (χ2v) is 9.89. The Balaban J connectivity index is 1.84. The van der Waals surface area contributed by atoms with Gasteiger partial charge in [0, 0.05) is 46.6 Å². The fraction of sp³-hybridized carbons (Fsp3) is 0.241. The van der Waals surface area contributed by atoms with E-state index in [0.29, 0.717) is 24.5 Å². The van der Waals surface area contributed by atoms with Crippen molar-refractivity contribution in [3.8, 4) is 5.88 Å². The number of methoxy groups -OCH3 is 1. The molecule has 1 fully saturated rings. The van der Waals surface area contributed by atoms with E-state index in [1.54, 1.807) is 4.90 Å². The van der Waals surface area contributed by atoms with Gasteiger partial charge in [-0.05, 0) is 48.9 Å². The molecule has 1 aliphatic heterocycles. The fourth-order valence-electron chi connectivity index (χ4n) is 5.19. The summed E-state index contributed by atoms with van der Waals surface area (Å²) < 4.78 is 42.4. The number of ether oxygens (including phenoxy) is 2. The van der Waals surface area contributed by atoms with Crippen molar-refractivity contribution in [1.29, 1.82) is 0 Å². The molecule has 0 spiro atoms. The monoisotopic (exact) mass is 566 g/mol. The lowest BCUT2D eigenvalue weighted by Crippen LogP contribution is -2.51. The second kappa shape index (κ2) is 10.1. The van der Waals surface area contributed by atoms with E-state index < -0.39 is 29.2 Å².